The second kappa shape index (κ2) is 5.75. The predicted molar refractivity (Wildman–Crippen MR) is 69.0 cm³/mol. The molecule has 2 atom stereocenters. The van der Waals surface area contributed by atoms with Crippen LogP contribution in [0, 0.1) is 12.8 Å². The zero-order valence-electron chi connectivity index (χ0n) is 10.6. The number of thioether (sulfide) groups is 1. The van der Waals surface area contributed by atoms with Crippen molar-refractivity contribution in [2.75, 3.05) is 19.0 Å². The van der Waals surface area contributed by atoms with E-state index in [0.29, 0.717) is 12.0 Å². The SMILES string of the molecule is Cc1cn(C2CCOCC2C)c(SCC(=O)O)n1. The number of carboxylic acids is 1. The molecule has 2 heterocycles. The van der Waals surface area contributed by atoms with Gasteiger partial charge in [-0.25, -0.2) is 4.98 Å². The van der Waals surface area contributed by atoms with Gasteiger partial charge in [0.15, 0.2) is 5.16 Å². The molecule has 1 saturated heterocycles. The Labute approximate surface area is 111 Å². The lowest BCUT2D eigenvalue weighted by molar-refractivity contribution is -0.133. The maximum absolute atomic E-state index is 10.7. The lowest BCUT2D eigenvalue weighted by atomic mass is 9.98. The first-order chi connectivity index (χ1) is 8.58. The molecular formula is C12H18N2O3S. The van der Waals surface area contributed by atoms with Crippen LogP contribution in [0.2, 0.25) is 0 Å². The molecule has 1 fully saturated rings. The van der Waals surface area contributed by atoms with Crippen LogP contribution in [0.15, 0.2) is 11.4 Å². The molecular weight excluding hydrogens is 252 g/mol. The number of aryl methyl sites for hydroxylation is 1. The summed E-state index contributed by atoms with van der Waals surface area (Å²) in [5.41, 5.74) is 0.932. The number of aromatic nitrogens is 2. The number of nitrogens with zero attached hydrogens (tertiary/aromatic N) is 2. The third-order valence-electron chi connectivity index (χ3n) is 3.10. The van der Waals surface area contributed by atoms with Gasteiger partial charge in [0.05, 0.1) is 18.1 Å². The topological polar surface area (TPSA) is 64.3 Å². The highest BCUT2D eigenvalue weighted by molar-refractivity contribution is 7.99. The van der Waals surface area contributed by atoms with Gasteiger partial charge in [-0.2, -0.15) is 0 Å². The van der Waals surface area contributed by atoms with E-state index in [9.17, 15) is 4.79 Å². The van der Waals surface area contributed by atoms with E-state index in [1.165, 1.54) is 11.8 Å². The first-order valence-corrected chi connectivity index (χ1v) is 7.04. The molecule has 0 aromatic carbocycles. The van der Waals surface area contributed by atoms with E-state index in [4.69, 9.17) is 9.84 Å². The van der Waals surface area contributed by atoms with E-state index in [1.807, 2.05) is 13.1 Å². The third-order valence-corrected chi connectivity index (χ3v) is 4.05. The monoisotopic (exact) mass is 270 g/mol. The number of carboxylic acid groups (broad SMARTS) is 1. The van der Waals surface area contributed by atoms with Crippen molar-refractivity contribution in [2.24, 2.45) is 5.92 Å². The quantitative estimate of drug-likeness (QED) is 0.847. The van der Waals surface area contributed by atoms with Crippen molar-refractivity contribution >= 4 is 17.7 Å². The van der Waals surface area contributed by atoms with Gasteiger partial charge in [0.1, 0.15) is 0 Å². The molecule has 0 bridgehead atoms. The first kappa shape index (κ1) is 13.4. The van der Waals surface area contributed by atoms with Crippen molar-refractivity contribution < 1.29 is 14.6 Å². The number of carbonyl (C=O) groups is 1. The van der Waals surface area contributed by atoms with E-state index in [2.05, 4.69) is 16.5 Å². The molecule has 2 rings (SSSR count). The molecule has 2 unspecified atom stereocenters. The minimum Gasteiger partial charge on any atom is -0.481 e. The minimum absolute atomic E-state index is 0.0497. The molecule has 0 amide bonds. The zero-order chi connectivity index (χ0) is 13.1. The Morgan fingerprint density at radius 2 is 2.50 bits per heavy atom. The molecule has 1 N–H and O–H groups in total. The van der Waals surface area contributed by atoms with Gasteiger partial charge in [-0.05, 0) is 13.3 Å². The lowest BCUT2D eigenvalue weighted by Crippen LogP contribution is -2.28. The predicted octanol–water partition coefficient (Wildman–Crippen LogP) is 1.97. The van der Waals surface area contributed by atoms with Crippen molar-refractivity contribution in [1.29, 1.82) is 0 Å². The van der Waals surface area contributed by atoms with Gasteiger partial charge in [0.2, 0.25) is 0 Å². The summed E-state index contributed by atoms with van der Waals surface area (Å²) in [7, 11) is 0. The number of hydrogen-bond donors (Lipinski definition) is 1. The number of rotatable bonds is 4. The summed E-state index contributed by atoms with van der Waals surface area (Å²) in [6.45, 7) is 5.61. The summed E-state index contributed by atoms with van der Waals surface area (Å²) in [5.74, 6) is -0.336. The van der Waals surface area contributed by atoms with Gasteiger partial charge in [0.25, 0.3) is 0 Å². The van der Waals surface area contributed by atoms with Crippen molar-refractivity contribution in [2.45, 2.75) is 31.5 Å². The fourth-order valence-electron chi connectivity index (χ4n) is 2.25. The maximum atomic E-state index is 10.7. The zero-order valence-corrected chi connectivity index (χ0v) is 11.4. The Morgan fingerprint density at radius 3 is 3.17 bits per heavy atom. The van der Waals surface area contributed by atoms with Gasteiger partial charge in [-0.1, -0.05) is 18.7 Å². The molecule has 0 aliphatic carbocycles. The number of aliphatic carboxylic acids is 1. The van der Waals surface area contributed by atoms with Gasteiger partial charge in [0, 0.05) is 24.8 Å². The van der Waals surface area contributed by atoms with Crippen LogP contribution in [0.1, 0.15) is 25.1 Å². The maximum Gasteiger partial charge on any atom is 0.313 e. The molecule has 0 saturated carbocycles. The third kappa shape index (κ3) is 3.05. The largest absolute Gasteiger partial charge is 0.481 e. The van der Waals surface area contributed by atoms with E-state index >= 15 is 0 Å². The summed E-state index contributed by atoms with van der Waals surface area (Å²) in [6, 6.07) is 0.358. The van der Waals surface area contributed by atoms with Crippen molar-refractivity contribution in [3.8, 4) is 0 Å². The summed E-state index contributed by atoms with van der Waals surface area (Å²) in [5, 5.41) is 9.56. The van der Waals surface area contributed by atoms with Crippen molar-refractivity contribution in [1.82, 2.24) is 9.55 Å². The molecule has 1 aromatic heterocycles. The average molecular weight is 270 g/mol. The first-order valence-electron chi connectivity index (χ1n) is 6.05. The van der Waals surface area contributed by atoms with Crippen LogP contribution in [0.3, 0.4) is 0 Å². The lowest BCUT2D eigenvalue weighted by Gasteiger charge is -2.30. The molecule has 1 aliphatic heterocycles. The highest BCUT2D eigenvalue weighted by Crippen LogP contribution is 2.31. The van der Waals surface area contributed by atoms with Crippen molar-refractivity contribution in [3.05, 3.63) is 11.9 Å². The number of ether oxygens (including phenoxy) is 1. The second-order valence-corrected chi connectivity index (χ2v) is 5.61. The Kier molecular flexibility index (Phi) is 4.29. The van der Waals surface area contributed by atoms with Crippen LogP contribution in [-0.4, -0.2) is 39.6 Å². The molecule has 6 heteroatoms. The molecule has 5 nitrogen and oxygen atoms in total. The summed E-state index contributed by atoms with van der Waals surface area (Å²) >= 11 is 1.28. The molecule has 0 radical (unpaired) electrons. The highest BCUT2D eigenvalue weighted by Gasteiger charge is 2.26. The van der Waals surface area contributed by atoms with Crippen LogP contribution in [-0.2, 0) is 9.53 Å². The van der Waals surface area contributed by atoms with Crippen LogP contribution >= 0.6 is 11.8 Å². The van der Waals surface area contributed by atoms with E-state index < -0.39 is 5.97 Å². The molecule has 0 spiro atoms. The van der Waals surface area contributed by atoms with Crippen LogP contribution < -0.4 is 0 Å². The van der Waals surface area contributed by atoms with Crippen LogP contribution in [0.5, 0.6) is 0 Å². The normalized spacial score (nSPS) is 24.1. The molecule has 18 heavy (non-hydrogen) atoms. The van der Waals surface area contributed by atoms with E-state index in [-0.39, 0.29) is 5.75 Å². The number of imidazole rings is 1. The van der Waals surface area contributed by atoms with Gasteiger partial charge < -0.3 is 14.4 Å². The summed E-state index contributed by atoms with van der Waals surface area (Å²) < 4.78 is 7.56. The van der Waals surface area contributed by atoms with Crippen LogP contribution in [0.4, 0.5) is 0 Å². The van der Waals surface area contributed by atoms with Gasteiger partial charge in [-0.3, -0.25) is 4.79 Å². The molecule has 1 aliphatic rings. The summed E-state index contributed by atoms with van der Waals surface area (Å²) in [4.78, 5) is 15.1. The average Bonchev–Trinajstić information content (AvgIpc) is 2.68. The van der Waals surface area contributed by atoms with Gasteiger partial charge in [-0.15, -0.1) is 0 Å². The van der Waals surface area contributed by atoms with E-state index in [1.54, 1.807) is 0 Å². The van der Waals surface area contributed by atoms with Gasteiger partial charge >= 0.3 is 5.97 Å². The molecule has 100 valence electrons. The Morgan fingerprint density at radius 1 is 1.72 bits per heavy atom. The second-order valence-electron chi connectivity index (χ2n) is 4.66. The van der Waals surface area contributed by atoms with Crippen LogP contribution in [0.25, 0.3) is 0 Å². The Bertz CT molecular complexity index is 433. The fraction of sp³-hybridized carbons (Fsp3) is 0.667. The fourth-order valence-corrected chi connectivity index (χ4v) is 3.05. The highest BCUT2D eigenvalue weighted by atomic mass is 32.2. The Hall–Kier alpha value is -1.01. The minimum atomic E-state index is -0.813. The Balaban J connectivity index is 2.17. The number of hydrogen-bond acceptors (Lipinski definition) is 4. The van der Waals surface area contributed by atoms with E-state index in [0.717, 1.165) is 30.5 Å². The molecule has 1 aromatic rings. The summed E-state index contributed by atoms with van der Waals surface area (Å²) in [6.07, 6.45) is 2.97. The smallest absolute Gasteiger partial charge is 0.313 e. The van der Waals surface area contributed by atoms with Crippen molar-refractivity contribution in [3.63, 3.8) is 0 Å². The standard InChI is InChI=1S/C12H18N2O3S/c1-8-6-17-4-3-10(8)14-5-9(2)13-12(14)18-7-11(15)16/h5,8,10H,3-4,6-7H2,1-2H3,(H,15,16).